The fourth-order valence-electron chi connectivity index (χ4n) is 1.97. The molecule has 0 spiro atoms. The van der Waals surface area contributed by atoms with Gasteiger partial charge in [-0.1, -0.05) is 47.5 Å². The Kier molecular flexibility index (Phi) is 4.94. The summed E-state index contributed by atoms with van der Waals surface area (Å²) < 4.78 is 26.9. The molecule has 106 valence electrons. The molecule has 0 aliphatic rings. The van der Waals surface area contributed by atoms with E-state index < -0.39 is 17.7 Å². The van der Waals surface area contributed by atoms with Crippen molar-refractivity contribution in [1.82, 2.24) is 5.43 Å². The highest BCUT2D eigenvalue weighted by atomic mass is 35.5. The Hall–Kier alpha value is -1.20. The second-order valence-electron chi connectivity index (χ2n) is 4.28. The normalized spacial score (nSPS) is 12.4. The van der Waals surface area contributed by atoms with Gasteiger partial charge in [-0.3, -0.25) is 11.3 Å². The molecule has 6 heteroatoms. The van der Waals surface area contributed by atoms with E-state index in [1.165, 1.54) is 18.2 Å². The first kappa shape index (κ1) is 15.2. The van der Waals surface area contributed by atoms with Gasteiger partial charge in [-0.2, -0.15) is 0 Å². The van der Waals surface area contributed by atoms with Crippen LogP contribution in [0, 0.1) is 11.6 Å². The summed E-state index contributed by atoms with van der Waals surface area (Å²) in [5.74, 6) is 4.45. The van der Waals surface area contributed by atoms with Crippen molar-refractivity contribution in [1.29, 1.82) is 0 Å². The molecule has 0 saturated heterocycles. The van der Waals surface area contributed by atoms with Crippen molar-refractivity contribution in [2.24, 2.45) is 5.84 Å². The van der Waals surface area contributed by atoms with Gasteiger partial charge in [-0.05, 0) is 29.7 Å². The van der Waals surface area contributed by atoms with E-state index in [0.717, 1.165) is 0 Å². The fraction of sp³-hybridized carbons (Fsp3) is 0.143. The first-order valence-electron chi connectivity index (χ1n) is 5.87. The summed E-state index contributed by atoms with van der Waals surface area (Å²) in [6, 6.07) is 8.48. The van der Waals surface area contributed by atoms with E-state index >= 15 is 0 Å². The highest BCUT2D eigenvalue weighted by Gasteiger charge is 2.18. The molecule has 0 bridgehead atoms. The lowest BCUT2D eigenvalue weighted by Gasteiger charge is -2.18. The highest BCUT2D eigenvalue weighted by Crippen LogP contribution is 2.30. The average Bonchev–Trinajstić information content (AvgIpc) is 2.44. The van der Waals surface area contributed by atoms with Gasteiger partial charge < -0.3 is 0 Å². The van der Waals surface area contributed by atoms with Gasteiger partial charge in [0.1, 0.15) is 11.6 Å². The van der Waals surface area contributed by atoms with Crippen LogP contribution in [0.2, 0.25) is 10.0 Å². The van der Waals surface area contributed by atoms with Crippen LogP contribution in [0.1, 0.15) is 17.2 Å². The third kappa shape index (κ3) is 3.10. The molecule has 0 heterocycles. The second-order valence-corrected chi connectivity index (χ2v) is 5.04. The zero-order valence-corrected chi connectivity index (χ0v) is 11.8. The first-order chi connectivity index (χ1) is 9.54. The van der Waals surface area contributed by atoms with Gasteiger partial charge in [0, 0.05) is 0 Å². The molecule has 1 atom stereocenters. The van der Waals surface area contributed by atoms with E-state index in [2.05, 4.69) is 5.43 Å². The predicted molar refractivity (Wildman–Crippen MR) is 76.6 cm³/mol. The molecule has 0 saturated carbocycles. The standard InChI is InChI=1S/C14H12Cl2F2N2/c15-13-8(3-1-5-10(13)17)7-12(20-19)9-4-2-6-11(18)14(9)16/h1-6,12,20H,7,19H2. The van der Waals surface area contributed by atoms with Gasteiger partial charge in [0.25, 0.3) is 0 Å². The molecule has 0 aromatic heterocycles. The van der Waals surface area contributed by atoms with Crippen LogP contribution in [0.4, 0.5) is 8.78 Å². The van der Waals surface area contributed by atoms with E-state index in [9.17, 15) is 8.78 Å². The quantitative estimate of drug-likeness (QED) is 0.660. The average molecular weight is 317 g/mol. The Morgan fingerprint density at radius 1 is 1.00 bits per heavy atom. The van der Waals surface area contributed by atoms with Crippen LogP contribution in [0.3, 0.4) is 0 Å². The van der Waals surface area contributed by atoms with Crippen LogP contribution < -0.4 is 11.3 Å². The topological polar surface area (TPSA) is 38.0 Å². The van der Waals surface area contributed by atoms with Crippen LogP contribution in [0.5, 0.6) is 0 Å². The zero-order valence-electron chi connectivity index (χ0n) is 10.3. The summed E-state index contributed by atoms with van der Waals surface area (Å²) >= 11 is 11.8. The van der Waals surface area contributed by atoms with Crippen molar-refractivity contribution in [3.05, 3.63) is 69.2 Å². The van der Waals surface area contributed by atoms with Gasteiger partial charge >= 0.3 is 0 Å². The predicted octanol–water partition coefficient (Wildman–Crippen LogP) is 4.02. The van der Waals surface area contributed by atoms with Gasteiger partial charge in [0.05, 0.1) is 16.1 Å². The largest absolute Gasteiger partial charge is 0.271 e. The molecule has 3 N–H and O–H groups in total. The van der Waals surface area contributed by atoms with Crippen LogP contribution in [-0.2, 0) is 6.42 Å². The SMILES string of the molecule is NNC(Cc1cccc(F)c1Cl)c1cccc(F)c1Cl. The molecule has 0 radical (unpaired) electrons. The summed E-state index contributed by atoms with van der Waals surface area (Å²) in [4.78, 5) is 0. The number of nitrogens with one attached hydrogen (secondary N) is 1. The lowest BCUT2D eigenvalue weighted by atomic mass is 9.99. The molecule has 2 rings (SSSR count). The monoisotopic (exact) mass is 316 g/mol. The fourth-order valence-corrected chi connectivity index (χ4v) is 2.44. The minimum Gasteiger partial charge on any atom is -0.271 e. The molecule has 0 aliphatic heterocycles. The molecule has 0 fully saturated rings. The lowest BCUT2D eigenvalue weighted by molar-refractivity contribution is 0.542. The molecular formula is C14H12Cl2F2N2. The number of nitrogens with two attached hydrogens (primary N) is 1. The lowest BCUT2D eigenvalue weighted by Crippen LogP contribution is -2.30. The molecule has 2 aromatic rings. The van der Waals surface area contributed by atoms with Gasteiger partial charge in [0.2, 0.25) is 0 Å². The molecule has 20 heavy (non-hydrogen) atoms. The maximum Gasteiger partial charge on any atom is 0.142 e. The van der Waals surface area contributed by atoms with Crippen molar-refractivity contribution >= 4 is 23.2 Å². The summed E-state index contributed by atoms with van der Waals surface area (Å²) in [7, 11) is 0. The molecule has 1 unspecified atom stereocenters. The molecule has 2 nitrogen and oxygen atoms in total. The number of hydrogen-bond donors (Lipinski definition) is 2. The Morgan fingerprint density at radius 2 is 1.60 bits per heavy atom. The van der Waals surface area contributed by atoms with E-state index in [4.69, 9.17) is 29.0 Å². The number of hydrogen-bond acceptors (Lipinski definition) is 2. The number of halogens is 4. The van der Waals surface area contributed by atoms with Gasteiger partial charge in [0.15, 0.2) is 0 Å². The third-order valence-corrected chi connectivity index (χ3v) is 3.84. The Morgan fingerprint density at radius 3 is 2.25 bits per heavy atom. The zero-order chi connectivity index (χ0) is 14.7. The Bertz CT molecular complexity index is 620. The maximum atomic E-state index is 13.5. The Balaban J connectivity index is 2.34. The first-order valence-corrected chi connectivity index (χ1v) is 6.63. The number of benzene rings is 2. The maximum absolute atomic E-state index is 13.5. The van der Waals surface area contributed by atoms with Crippen LogP contribution in [0.25, 0.3) is 0 Å². The summed E-state index contributed by atoms with van der Waals surface area (Å²) in [6.07, 6.45) is 0.288. The molecule has 0 amide bonds. The second kappa shape index (κ2) is 6.50. The van der Waals surface area contributed by atoms with Crippen molar-refractivity contribution in [2.75, 3.05) is 0 Å². The number of hydrazine groups is 1. The molecular weight excluding hydrogens is 305 g/mol. The van der Waals surface area contributed by atoms with Crippen molar-refractivity contribution < 1.29 is 8.78 Å². The summed E-state index contributed by atoms with van der Waals surface area (Å²) in [5, 5.41) is 0.0169. The summed E-state index contributed by atoms with van der Waals surface area (Å²) in [5.41, 5.74) is 3.61. The molecule has 0 aliphatic carbocycles. The van der Waals surface area contributed by atoms with E-state index in [1.54, 1.807) is 18.2 Å². The van der Waals surface area contributed by atoms with Crippen molar-refractivity contribution in [2.45, 2.75) is 12.5 Å². The number of rotatable bonds is 4. The Labute approximate surface area is 125 Å². The van der Waals surface area contributed by atoms with Crippen LogP contribution in [-0.4, -0.2) is 0 Å². The highest BCUT2D eigenvalue weighted by molar-refractivity contribution is 6.32. The van der Waals surface area contributed by atoms with E-state index in [0.29, 0.717) is 11.1 Å². The van der Waals surface area contributed by atoms with Crippen molar-refractivity contribution in [3.8, 4) is 0 Å². The van der Waals surface area contributed by atoms with Crippen molar-refractivity contribution in [3.63, 3.8) is 0 Å². The van der Waals surface area contributed by atoms with E-state index in [1.807, 2.05) is 0 Å². The van der Waals surface area contributed by atoms with Gasteiger partial charge in [-0.15, -0.1) is 0 Å². The summed E-state index contributed by atoms with van der Waals surface area (Å²) in [6.45, 7) is 0. The van der Waals surface area contributed by atoms with Gasteiger partial charge in [-0.25, -0.2) is 8.78 Å². The minimum absolute atomic E-state index is 0.0111. The third-order valence-electron chi connectivity index (χ3n) is 3.01. The van der Waals surface area contributed by atoms with Crippen LogP contribution in [0.15, 0.2) is 36.4 Å². The molecule has 2 aromatic carbocycles. The minimum atomic E-state index is -0.533. The van der Waals surface area contributed by atoms with E-state index in [-0.39, 0.29) is 16.5 Å². The smallest absolute Gasteiger partial charge is 0.142 e. The van der Waals surface area contributed by atoms with Crippen LogP contribution >= 0.6 is 23.2 Å².